The van der Waals surface area contributed by atoms with Gasteiger partial charge >= 0.3 is 5.97 Å². The minimum absolute atomic E-state index is 0.0506. The second-order valence-corrected chi connectivity index (χ2v) is 7.62. The van der Waals surface area contributed by atoms with E-state index in [2.05, 4.69) is 42.8 Å². The van der Waals surface area contributed by atoms with Gasteiger partial charge in [-0.2, -0.15) is 0 Å². The van der Waals surface area contributed by atoms with Crippen molar-refractivity contribution in [2.75, 3.05) is 19.6 Å². The number of aryl methyl sites for hydroxylation is 1. The molecule has 2 aromatic rings. The number of nitrogens with one attached hydrogen (secondary N) is 1. The molecular formula is C20H28N2O2. The first-order valence-corrected chi connectivity index (χ1v) is 8.93. The molecule has 3 rings (SSSR count). The molecule has 0 atom stereocenters. The number of fused-ring (bicyclic) bond motifs is 1. The standard InChI is InChI=1S/C20H28N2O2/c1-5-22-10-8-14(9-11-22)20(3,4)15-6-7-17-16(12-15)18(19(23)24)13(2)21-17/h6-7,12,14,21H,5,8-11H2,1-4H3,(H,23,24). The number of carbonyl (C=O) groups is 1. The van der Waals surface area contributed by atoms with Crippen LogP contribution in [0.1, 0.15) is 55.2 Å². The lowest BCUT2D eigenvalue weighted by Gasteiger charge is -2.41. The summed E-state index contributed by atoms with van der Waals surface area (Å²) in [5, 5.41) is 10.4. The smallest absolute Gasteiger partial charge is 0.338 e. The Labute approximate surface area is 143 Å². The fourth-order valence-corrected chi connectivity index (χ4v) is 4.21. The zero-order valence-electron chi connectivity index (χ0n) is 15.1. The van der Waals surface area contributed by atoms with Gasteiger partial charge in [0.2, 0.25) is 0 Å². The summed E-state index contributed by atoms with van der Waals surface area (Å²) >= 11 is 0. The van der Waals surface area contributed by atoms with Crippen molar-refractivity contribution >= 4 is 16.9 Å². The number of aromatic nitrogens is 1. The van der Waals surface area contributed by atoms with Gasteiger partial charge in [0.05, 0.1) is 5.56 Å². The number of piperidine rings is 1. The Kier molecular flexibility index (Phi) is 4.43. The normalized spacial score (nSPS) is 17.5. The highest BCUT2D eigenvalue weighted by Crippen LogP contribution is 2.39. The van der Waals surface area contributed by atoms with Crippen LogP contribution >= 0.6 is 0 Å². The van der Waals surface area contributed by atoms with E-state index in [-0.39, 0.29) is 5.41 Å². The zero-order chi connectivity index (χ0) is 17.5. The van der Waals surface area contributed by atoms with Crippen molar-refractivity contribution in [1.29, 1.82) is 0 Å². The van der Waals surface area contributed by atoms with Gasteiger partial charge in [0.1, 0.15) is 0 Å². The molecule has 0 aliphatic carbocycles. The predicted molar refractivity (Wildman–Crippen MR) is 97.9 cm³/mol. The Morgan fingerprint density at radius 3 is 2.58 bits per heavy atom. The highest BCUT2D eigenvalue weighted by Gasteiger charge is 2.34. The van der Waals surface area contributed by atoms with Gasteiger partial charge in [-0.15, -0.1) is 0 Å². The monoisotopic (exact) mass is 328 g/mol. The Hall–Kier alpha value is -1.81. The SMILES string of the molecule is CCN1CCC(C(C)(C)c2ccc3[nH]c(C)c(C(=O)O)c3c2)CC1. The third kappa shape index (κ3) is 2.84. The third-order valence-corrected chi connectivity index (χ3v) is 6.00. The molecule has 1 aromatic heterocycles. The van der Waals surface area contributed by atoms with E-state index in [1.165, 1.54) is 18.4 Å². The van der Waals surface area contributed by atoms with Gasteiger partial charge in [-0.05, 0) is 68.4 Å². The second kappa shape index (κ2) is 6.25. The van der Waals surface area contributed by atoms with E-state index in [1.54, 1.807) is 0 Å². The van der Waals surface area contributed by atoms with Crippen molar-refractivity contribution in [3.05, 3.63) is 35.0 Å². The number of nitrogens with zero attached hydrogens (tertiary/aromatic N) is 1. The van der Waals surface area contributed by atoms with E-state index in [0.717, 1.165) is 36.2 Å². The van der Waals surface area contributed by atoms with Crippen molar-refractivity contribution in [2.45, 2.75) is 46.0 Å². The lowest BCUT2D eigenvalue weighted by atomic mass is 9.69. The number of rotatable bonds is 4. The molecule has 0 spiro atoms. The Morgan fingerprint density at radius 2 is 2.00 bits per heavy atom. The van der Waals surface area contributed by atoms with Crippen LogP contribution < -0.4 is 0 Å². The summed E-state index contributed by atoms with van der Waals surface area (Å²) in [6.07, 6.45) is 2.41. The van der Waals surface area contributed by atoms with Crippen molar-refractivity contribution < 1.29 is 9.90 Å². The van der Waals surface area contributed by atoms with Crippen molar-refractivity contribution in [3.63, 3.8) is 0 Å². The summed E-state index contributed by atoms with van der Waals surface area (Å²) in [7, 11) is 0. The average molecular weight is 328 g/mol. The number of aromatic carboxylic acids is 1. The maximum atomic E-state index is 11.6. The highest BCUT2D eigenvalue weighted by molar-refractivity contribution is 6.04. The first kappa shape index (κ1) is 17.0. The van der Waals surface area contributed by atoms with Gasteiger partial charge < -0.3 is 15.0 Å². The van der Waals surface area contributed by atoms with Gasteiger partial charge in [-0.1, -0.05) is 26.8 Å². The number of aromatic amines is 1. The summed E-state index contributed by atoms with van der Waals surface area (Å²) in [4.78, 5) is 17.3. The molecule has 4 heteroatoms. The van der Waals surface area contributed by atoms with Crippen LogP contribution in [-0.4, -0.2) is 40.6 Å². The summed E-state index contributed by atoms with van der Waals surface area (Å²) in [6.45, 7) is 12.1. The Balaban J connectivity index is 1.96. The highest BCUT2D eigenvalue weighted by atomic mass is 16.4. The van der Waals surface area contributed by atoms with Crippen LogP contribution in [0.5, 0.6) is 0 Å². The quantitative estimate of drug-likeness (QED) is 0.885. The lowest BCUT2D eigenvalue weighted by molar-refractivity contribution is 0.0698. The van der Waals surface area contributed by atoms with Crippen LogP contribution in [0.3, 0.4) is 0 Å². The van der Waals surface area contributed by atoms with Gasteiger partial charge in [-0.25, -0.2) is 4.79 Å². The topological polar surface area (TPSA) is 56.3 Å². The molecule has 0 saturated carbocycles. The van der Waals surface area contributed by atoms with Crippen molar-refractivity contribution in [2.24, 2.45) is 5.92 Å². The van der Waals surface area contributed by atoms with E-state index >= 15 is 0 Å². The first-order valence-electron chi connectivity index (χ1n) is 8.93. The summed E-state index contributed by atoms with van der Waals surface area (Å²) < 4.78 is 0. The maximum absolute atomic E-state index is 11.6. The molecule has 2 N–H and O–H groups in total. The second-order valence-electron chi connectivity index (χ2n) is 7.62. The summed E-state index contributed by atoms with van der Waals surface area (Å²) in [6, 6.07) is 6.29. The molecule has 1 aliphatic rings. The molecule has 0 unspecified atom stereocenters. The molecule has 130 valence electrons. The lowest BCUT2D eigenvalue weighted by Crippen LogP contribution is -2.40. The van der Waals surface area contributed by atoms with E-state index in [4.69, 9.17) is 0 Å². The van der Waals surface area contributed by atoms with Gasteiger partial charge in [0.25, 0.3) is 0 Å². The molecule has 0 amide bonds. The van der Waals surface area contributed by atoms with Crippen LogP contribution in [0.4, 0.5) is 0 Å². The molecule has 1 saturated heterocycles. The molecule has 2 heterocycles. The number of carboxylic acid groups (broad SMARTS) is 1. The number of benzene rings is 1. The van der Waals surface area contributed by atoms with Crippen LogP contribution in [0.25, 0.3) is 10.9 Å². The van der Waals surface area contributed by atoms with Crippen LogP contribution in [0.15, 0.2) is 18.2 Å². The molecular weight excluding hydrogens is 300 g/mol. The fraction of sp³-hybridized carbons (Fsp3) is 0.550. The minimum atomic E-state index is -0.857. The maximum Gasteiger partial charge on any atom is 0.338 e. The van der Waals surface area contributed by atoms with Crippen LogP contribution in [0.2, 0.25) is 0 Å². The van der Waals surface area contributed by atoms with Crippen LogP contribution in [-0.2, 0) is 5.41 Å². The van der Waals surface area contributed by atoms with Crippen molar-refractivity contribution in [3.8, 4) is 0 Å². The summed E-state index contributed by atoms with van der Waals surface area (Å²) in [5.74, 6) is -0.226. The predicted octanol–water partition coefficient (Wildman–Crippen LogP) is 4.18. The Bertz CT molecular complexity index is 752. The number of H-pyrrole nitrogens is 1. The van der Waals surface area contributed by atoms with Crippen molar-refractivity contribution in [1.82, 2.24) is 9.88 Å². The molecule has 1 fully saturated rings. The molecule has 0 radical (unpaired) electrons. The van der Waals surface area contributed by atoms with E-state index in [9.17, 15) is 9.90 Å². The Morgan fingerprint density at radius 1 is 1.33 bits per heavy atom. The molecule has 1 aliphatic heterocycles. The van der Waals surface area contributed by atoms with E-state index in [1.807, 2.05) is 13.0 Å². The van der Waals surface area contributed by atoms with E-state index < -0.39 is 5.97 Å². The van der Waals surface area contributed by atoms with Gasteiger partial charge in [-0.3, -0.25) is 0 Å². The molecule has 0 bridgehead atoms. The molecule has 4 nitrogen and oxygen atoms in total. The number of likely N-dealkylation sites (tertiary alicyclic amines) is 1. The number of hydrogen-bond donors (Lipinski definition) is 2. The zero-order valence-corrected chi connectivity index (χ0v) is 15.1. The third-order valence-electron chi connectivity index (χ3n) is 6.00. The summed E-state index contributed by atoms with van der Waals surface area (Å²) in [5.41, 5.74) is 3.33. The first-order chi connectivity index (χ1) is 11.3. The number of carboxylic acids is 1. The molecule has 24 heavy (non-hydrogen) atoms. The number of hydrogen-bond acceptors (Lipinski definition) is 2. The minimum Gasteiger partial charge on any atom is -0.478 e. The molecule has 1 aromatic carbocycles. The van der Waals surface area contributed by atoms with Gasteiger partial charge in [0.15, 0.2) is 0 Å². The van der Waals surface area contributed by atoms with Crippen LogP contribution in [0, 0.1) is 12.8 Å². The van der Waals surface area contributed by atoms with E-state index in [0.29, 0.717) is 11.5 Å². The van der Waals surface area contributed by atoms with Gasteiger partial charge in [0, 0.05) is 16.6 Å². The average Bonchev–Trinajstić information content (AvgIpc) is 2.89. The largest absolute Gasteiger partial charge is 0.478 e. The fourth-order valence-electron chi connectivity index (χ4n) is 4.21.